The van der Waals surface area contributed by atoms with Gasteiger partial charge in [-0.15, -0.1) is 0 Å². The first-order valence-electron chi connectivity index (χ1n) is 4.82. The van der Waals surface area contributed by atoms with Crippen LogP contribution in [-0.2, 0) is 10.0 Å². The monoisotopic (exact) mass is 279 g/mol. The zero-order chi connectivity index (χ0) is 14.0. The molecule has 1 rings (SSSR count). The maximum Gasteiger partial charge on any atom is 0.325 e. The number of nitrogens with one attached hydrogen (secondary N) is 3. The van der Waals surface area contributed by atoms with E-state index in [1.54, 1.807) is 4.98 Å². The number of sulfonamides is 1. The zero-order valence-corrected chi connectivity index (χ0v) is 10.2. The lowest BCUT2D eigenvalue weighted by Crippen LogP contribution is -2.52. The molecular formula is C8H13N3O6S. The van der Waals surface area contributed by atoms with Crippen molar-refractivity contribution >= 4 is 10.0 Å². The summed E-state index contributed by atoms with van der Waals surface area (Å²) in [6, 6.07) is 0. The van der Waals surface area contributed by atoms with Crippen molar-refractivity contribution in [2.24, 2.45) is 0 Å². The highest BCUT2D eigenvalue weighted by Gasteiger charge is 2.31. The molecule has 0 unspecified atom stereocenters. The third-order valence-electron chi connectivity index (χ3n) is 2.15. The molecular weight excluding hydrogens is 266 g/mol. The molecule has 0 fully saturated rings. The fraction of sp³-hybridized carbons (Fsp3) is 0.500. The van der Waals surface area contributed by atoms with Gasteiger partial charge >= 0.3 is 5.69 Å². The fourth-order valence-electron chi connectivity index (χ4n) is 1.09. The van der Waals surface area contributed by atoms with Crippen LogP contribution in [0, 0.1) is 0 Å². The van der Waals surface area contributed by atoms with E-state index < -0.39 is 44.9 Å². The second-order valence-electron chi connectivity index (χ2n) is 3.92. The van der Waals surface area contributed by atoms with E-state index in [1.165, 1.54) is 6.92 Å². The molecule has 0 aromatic carbocycles. The maximum atomic E-state index is 11.8. The van der Waals surface area contributed by atoms with E-state index in [0.29, 0.717) is 0 Å². The maximum absolute atomic E-state index is 11.8. The summed E-state index contributed by atoms with van der Waals surface area (Å²) in [5.74, 6) is 0. The summed E-state index contributed by atoms with van der Waals surface area (Å²) in [6.07, 6.45) is 0.735. The van der Waals surface area contributed by atoms with E-state index in [2.05, 4.69) is 0 Å². The van der Waals surface area contributed by atoms with Gasteiger partial charge in [-0.3, -0.25) is 9.78 Å². The molecule has 0 aliphatic heterocycles. The first-order chi connectivity index (χ1) is 8.24. The second kappa shape index (κ2) is 5.02. The van der Waals surface area contributed by atoms with Gasteiger partial charge in [0.1, 0.15) is 0 Å². The van der Waals surface area contributed by atoms with E-state index in [4.69, 9.17) is 10.2 Å². The number of rotatable bonds is 5. The normalized spacial score (nSPS) is 12.6. The lowest BCUT2D eigenvalue weighted by atomic mass is 10.1. The first-order valence-corrected chi connectivity index (χ1v) is 6.30. The van der Waals surface area contributed by atoms with Crippen LogP contribution < -0.4 is 16.0 Å². The van der Waals surface area contributed by atoms with Crippen molar-refractivity contribution in [3.8, 4) is 0 Å². The Morgan fingerprint density at radius 1 is 1.33 bits per heavy atom. The summed E-state index contributed by atoms with van der Waals surface area (Å²) in [5, 5.41) is 18.0. The van der Waals surface area contributed by atoms with Crippen LogP contribution in [-0.4, -0.2) is 47.4 Å². The third kappa shape index (κ3) is 3.04. The lowest BCUT2D eigenvalue weighted by Gasteiger charge is -2.25. The minimum atomic E-state index is -4.27. The van der Waals surface area contributed by atoms with E-state index in [-0.39, 0.29) is 0 Å². The summed E-state index contributed by atoms with van der Waals surface area (Å²) in [4.78, 5) is 25.1. The Morgan fingerprint density at radius 2 is 1.89 bits per heavy atom. The summed E-state index contributed by atoms with van der Waals surface area (Å²) < 4.78 is 25.6. The van der Waals surface area contributed by atoms with E-state index >= 15 is 0 Å². The largest absolute Gasteiger partial charge is 0.394 e. The number of aromatic nitrogens is 2. The quantitative estimate of drug-likeness (QED) is 0.389. The Hall–Kier alpha value is -1.49. The van der Waals surface area contributed by atoms with Gasteiger partial charge in [-0.2, -0.15) is 0 Å². The molecule has 0 atom stereocenters. The van der Waals surface area contributed by atoms with Crippen LogP contribution in [0.15, 0.2) is 20.7 Å². The third-order valence-corrected chi connectivity index (χ3v) is 3.80. The van der Waals surface area contributed by atoms with Crippen LogP contribution >= 0.6 is 0 Å². The van der Waals surface area contributed by atoms with Gasteiger partial charge in [0.15, 0.2) is 4.90 Å². The Kier molecular flexibility index (Phi) is 4.06. The van der Waals surface area contributed by atoms with Crippen molar-refractivity contribution in [2.75, 3.05) is 13.2 Å². The number of aromatic amines is 2. The fourth-order valence-corrected chi connectivity index (χ4v) is 2.49. The van der Waals surface area contributed by atoms with Crippen LogP contribution in [0.5, 0.6) is 0 Å². The molecule has 0 saturated carbocycles. The predicted molar refractivity (Wildman–Crippen MR) is 60.6 cm³/mol. The van der Waals surface area contributed by atoms with Crippen LogP contribution in [0.1, 0.15) is 6.92 Å². The molecule has 0 aliphatic rings. The highest BCUT2D eigenvalue weighted by Crippen LogP contribution is 2.07. The number of H-pyrrole nitrogens is 2. The molecule has 0 radical (unpaired) electrons. The average molecular weight is 279 g/mol. The number of aliphatic hydroxyl groups is 2. The minimum absolute atomic E-state index is 0.663. The van der Waals surface area contributed by atoms with Crippen LogP contribution in [0.4, 0.5) is 0 Å². The van der Waals surface area contributed by atoms with Crippen LogP contribution in [0.2, 0.25) is 0 Å². The molecule has 1 aromatic heterocycles. The summed E-state index contributed by atoms with van der Waals surface area (Å²) >= 11 is 0. The van der Waals surface area contributed by atoms with E-state index in [1.807, 2.05) is 9.71 Å². The molecule has 10 heteroatoms. The summed E-state index contributed by atoms with van der Waals surface area (Å²) in [6.45, 7) is -0.0710. The highest BCUT2D eigenvalue weighted by atomic mass is 32.2. The molecule has 0 saturated heterocycles. The SMILES string of the molecule is CC(CO)(CO)NS(=O)(=O)c1c[nH]c(=O)[nH]c1=O. The van der Waals surface area contributed by atoms with E-state index in [9.17, 15) is 18.0 Å². The molecule has 18 heavy (non-hydrogen) atoms. The van der Waals surface area contributed by atoms with Crippen LogP contribution in [0.3, 0.4) is 0 Å². The van der Waals surface area contributed by atoms with Crippen molar-refractivity contribution in [2.45, 2.75) is 17.4 Å². The van der Waals surface area contributed by atoms with Crippen molar-refractivity contribution in [1.29, 1.82) is 0 Å². The van der Waals surface area contributed by atoms with Gasteiger partial charge < -0.3 is 15.2 Å². The molecule has 0 spiro atoms. The molecule has 9 nitrogen and oxygen atoms in total. The van der Waals surface area contributed by atoms with Gasteiger partial charge in [-0.1, -0.05) is 0 Å². The molecule has 1 heterocycles. The molecule has 1 aromatic rings. The topological polar surface area (TPSA) is 152 Å². The zero-order valence-electron chi connectivity index (χ0n) is 9.43. The Morgan fingerprint density at radius 3 is 2.33 bits per heavy atom. The molecule has 0 amide bonds. The Bertz CT molecular complexity index is 627. The summed E-state index contributed by atoms with van der Waals surface area (Å²) in [5.41, 5.74) is -3.45. The average Bonchev–Trinajstić information content (AvgIpc) is 2.27. The molecule has 0 aliphatic carbocycles. The van der Waals surface area contributed by atoms with Crippen LogP contribution in [0.25, 0.3) is 0 Å². The van der Waals surface area contributed by atoms with Gasteiger partial charge in [-0.25, -0.2) is 17.9 Å². The lowest BCUT2D eigenvalue weighted by molar-refractivity contribution is 0.121. The highest BCUT2D eigenvalue weighted by molar-refractivity contribution is 7.89. The van der Waals surface area contributed by atoms with Crippen molar-refractivity contribution in [3.63, 3.8) is 0 Å². The Balaban J connectivity index is 3.23. The Labute approximate surface area is 102 Å². The van der Waals surface area contributed by atoms with Gasteiger partial charge in [0.2, 0.25) is 10.0 Å². The van der Waals surface area contributed by atoms with Gasteiger partial charge in [0.05, 0.1) is 18.8 Å². The summed E-state index contributed by atoms with van der Waals surface area (Å²) in [7, 11) is -4.27. The molecule has 5 N–H and O–H groups in total. The number of hydrogen-bond donors (Lipinski definition) is 5. The number of aliphatic hydroxyl groups excluding tert-OH is 2. The second-order valence-corrected chi connectivity index (χ2v) is 5.57. The smallest absolute Gasteiger partial charge is 0.325 e. The molecule has 102 valence electrons. The van der Waals surface area contributed by atoms with Gasteiger partial charge in [0.25, 0.3) is 5.56 Å². The standard InChI is InChI=1S/C8H13N3O6S/c1-8(3-12,4-13)11-18(16,17)5-2-9-7(15)10-6(5)14/h2,11-13H,3-4H2,1H3,(H2,9,10,14,15). The first kappa shape index (κ1) is 14.6. The van der Waals surface area contributed by atoms with Crippen molar-refractivity contribution in [1.82, 2.24) is 14.7 Å². The van der Waals surface area contributed by atoms with Gasteiger partial charge in [-0.05, 0) is 6.92 Å². The predicted octanol–water partition coefficient (Wildman–Crippen LogP) is -2.92. The number of hydrogen-bond acceptors (Lipinski definition) is 6. The van der Waals surface area contributed by atoms with Gasteiger partial charge in [0, 0.05) is 6.20 Å². The molecule has 0 bridgehead atoms. The van der Waals surface area contributed by atoms with E-state index in [0.717, 1.165) is 6.20 Å². The minimum Gasteiger partial charge on any atom is -0.394 e. The van der Waals surface area contributed by atoms with Crippen molar-refractivity contribution < 1.29 is 18.6 Å². The van der Waals surface area contributed by atoms with Crippen molar-refractivity contribution in [3.05, 3.63) is 27.0 Å².